The summed E-state index contributed by atoms with van der Waals surface area (Å²) in [5.41, 5.74) is 0.622. The first-order chi connectivity index (χ1) is 8.04. The molecular formula is C12H17BrN2O2. The van der Waals surface area contributed by atoms with Crippen LogP contribution in [-0.4, -0.2) is 45.1 Å². The number of ether oxygens (including phenoxy) is 1. The zero-order valence-electron chi connectivity index (χ0n) is 10.3. The summed E-state index contributed by atoms with van der Waals surface area (Å²) in [4.78, 5) is 13.8. The maximum atomic E-state index is 11.8. The van der Waals surface area contributed by atoms with Crippen molar-refractivity contribution in [3.63, 3.8) is 0 Å². The van der Waals surface area contributed by atoms with Crippen molar-refractivity contribution in [2.24, 2.45) is 0 Å². The molecule has 94 valence electrons. The number of rotatable bonds is 5. The number of nitrogens with zero attached hydrogens (tertiary/aromatic N) is 1. The van der Waals surface area contributed by atoms with Crippen LogP contribution >= 0.6 is 15.9 Å². The molecule has 0 unspecified atom stereocenters. The monoisotopic (exact) mass is 300 g/mol. The van der Waals surface area contributed by atoms with Gasteiger partial charge in [0, 0.05) is 18.7 Å². The first-order valence-corrected chi connectivity index (χ1v) is 6.10. The van der Waals surface area contributed by atoms with Gasteiger partial charge < -0.3 is 15.0 Å². The summed E-state index contributed by atoms with van der Waals surface area (Å²) < 4.78 is 5.89. The first-order valence-electron chi connectivity index (χ1n) is 5.31. The molecule has 0 fully saturated rings. The van der Waals surface area contributed by atoms with Gasteiger partial charge in [0.2, 0.25) is 0 Å². The molecule has 0 bridgehead atoms. The number of amides is 1. The van der Waals surface area contributed by atoms with E-state index in [1.54, 1.807) is 25.3 Å². The average Bonchev–Trinajstić information content (AvgIpc) is 2.28. The molecule has 0 heterocycles. The van der Waals surface area contributed by atoms with Gasteiger partial charge in [0.25, 0.3) is 5.91 Å². The summed E-state index contributed by atoms with van der Waals surface area (Å²) in [5.74, 6) is 0.644. The van der Waals surface area contributed by atoms with E-state index in [4.69, 9.17) is 4.74 Å². The lowest BCUT2D eigenvalue weighted by atomic mass is 10.2. The highest BCUT2D eigenvalue weighted by Gasteiger charge is 2.08. The van der Waals surface area contributed by atoms with Gasteiger partial charge in [-0.25, -0.2) is 0 Å². The van der Waals surface area contributed by atoms with E-state index >= 15 is 0 Å². The van der Waals surface area contributed by atoms with Gasteiger partial charge in [-0.15, -0.1) is 0 Å². The van der Waals surface area contributed by atoms with Crippen molar-refractivity contribution < 1.29 is 9.53 Å². The van der Waals surface area contributed by atoms with Crippen LogP contribution in [-0.2, 0) is 0 Å². The van der Waals surface area contributed by atoms with Gasteiger partial charge in [-0.3, -0.25) is 4.79 Å². The minimum absolute atomic E-state index is 0.0739. The van der Waals surface area contributed by atoms with Crippen molar-refractivity contribution in [1.29, 1.82) is 0 Å². The molecule has 1 amide bonds. The Morgan fingerprint density at radius 2 is 2.18 bits per heavy atom. The molecule has 0 spiro atoms. The van der Waals surface area contributed by atoms with E-state index in [2.05, 4.69) is 21.2 Å². The molecule has 0 aliphatic heterocycles. The molecule has 17 heavy (non-hydrogen) atoms. The number of hydrogen-bond acceptors (Lipinski definition) is 3. The summed E-state index contributed by atoms with van der Waals surface area (Å²) in [6, 6.07) is 5.27. The fourth-order valence-electron chi connectivity index (χ4n) is 1.30. The van der Waals surface area contributed by atoms with Crippen LogP contribution in [0.15, 0.2) is 22.7 Å². The Hall–Kier alpha value is -1.07. The van der Waals surface area contributed by atoms with Crippen molar-refractivity contribution in [3.8, 4) is 5.75 Å². The van der Waals surface area contributed by atoms with E-state index in [1.807, 2.05) is 19.0 Å². The van der Waals surface area contributed by atoms with E-state index < -0.39 is 0 Å². The zero-order chi connectivity index (χ0) is 12.8. The molecule has 4 nitrogen and oxygen atoms in total. The molecule has 1 rings (SSSR count). The highest BCUT2D eigenvalue weighted by atomic mass is 79.9. The third-order valence-corrected chi connectivity index (χ3v) is 2.88. The number of likely N-dealkylation sites (N-methyl/N-ethyl adjacent to an activating group) is 1. The lowest BCUT2D eigenvalue weighted by molar-refractivity contribution is 0.0951. The van der Waals surface area contributed by atoms with E-state index in [1.165, 1.54) is 0 Å². The van der Waals surface area contributed by atoms with Crippen LogP contribution in [0.1, 0.15) is 10.4 Å². The number of halogens is 1. The Bertz CT molecular complexity index is 394. The largest absolute Gasteiger partial charge is 0.496 e. The molecule has 0 radical (unpaired) electrons. The Morgan fingerprint density at radius 3 is 2.71 bits per heavy atom. The van der Waals surface area contributed by atoms with Gasteiger partial charge in [-0.2, -0.15) is 0 Å². The van der Waals surface area contributed by atoms with Crippen molar-refractivity contribution in [1.82, 2.24) is 10.2 Å². The molecule has 5 heteroatoms. The Kier molecular flexibility index (Phi) is 5.44. The summed E-state index contributed by atoms with van der Waals surface area (Å²) in [6.07, 6.45) is 0. The Balaban J connectivity index is 2.60. The number of benzene rings is 1. The number of methoxy groups -OCH3 is 1. The van der Waals surface area contributed by atoms with E-state index in [-0.39, 0.29) is 5.91 Å². The second-order valence-corrected chi connectivity index (χ2v) is 4.76. The molecule has 0 aliphatic carbocycles. The molecule has 0 aromatic heterocycles. The van der Waals surface area contributed by atoms with Crippen LogP contribution in [0, 0.1) is 0 Å². The van der Waals surface area contributed by atoms with E-state index in [9.17, 15) is 4.79 Å². The molecule has 1 aromatic rings. The fraction of sp³-hybridized carbons (Fsp3) is 0.417. The van der Waals surface area contributed by atoms with Crippen molar-refractivity contribution in [2.45, 2.75) is 0 Å². The quantitative estimate of drug-likeness (QED) is 0.901. The smallest absolute Gasteiger partial charge is 0.251 e. The second-order valence-electron chi connectivity index (χ2n) is 3.91. The summed E-state index contributed by atoms with van der Waals surface area (Å²) in [6.45, 7) is 1.46. The zero-order valence-corrected chi connectivity index (χ0v) is 11.9. The predicted octanol–water partition coefficient (Wildman–Crippen LogP) is 1.75. The fourth-order valence-corrected chi connectivity index (χ4v) is 1.84. The summed E-state index contributed by atoms with van der Waals surface area (Å²) in [5, 5.41) is 2.85. The SMILES string of the molecule is COc1ccc(C(=O)NCCN(C)C)cc1Br. The normalized spacial score (nSPS) is 10.4. The molecule has 0 saturated carbocycles. The van der Waals surface area contributed by atoms with Crippen LogP contribution in [0.5, 0.6) is 5.75 Å². The number of hydrogen-bond donors (Lipinski definition) is 1. The predicted molar refractivity (Wildman–Crippen MR) is 71.6 cm³/mol. The van der Waals surface area contributed by atoms with Gasteiger partial charge in [0.05, 0.1) is 11.6 Å². The van der Waals surface area contributed by atoms with Crippen LogP contribution in [0.2, 0.25) is 0 Å². The molecule has 1 aromatic carbocycles. The van der Waals surface area contributed by atoms with Gasteiger partial charge >= 0.3 is 0 Å². The van der Waals surface area contributed by atoms with Crippen molar-refractivity contribution in [3.05, 3.63) is 28.2 Å². The van der Waals surface area contributed by atoms with Gasteiger partial charge in [-0.1, -0.05) is 0 Å². The Morgan fingerprint density at radius 1 is 1.47 bits per heavy atom. The molecule has 0 atom stereocenters. The minimum Gasteiger partial charge on any atom is -0.496 e. The highest BCUT2D eigenvalue weighted by Crippen LogP contribution is 2.25. The number of carbonyl (C=O) groups excluding carboxylic acids is 1. The lowest BCUT2D eigenvalue weighted by Crippen LogP contribution is -2.31. The summed E-state index contributed by atoms with van der Waals surface area (Å²) >= 11 is 3.35. The molecule has 0 saturated heterocycles. The van der Waals surface area contributed by atoms with Gasteiger partial charge in [0.1, 0.15) is 5.75 Å². The summed E-state index contributed by atoms with van der Waals surface area (Å²) in [7, 11) is 5.53. The first kappa shape index (κ1) is 14.0. The second kappa shape index (κ2) is 6.61. The maximum Gasteiger partial charge on any atom is 0.251 e. The number of nitrogens with one attached hydrogen (secondary N) is 1. The van der Waals surface area contributed by atoms with Gasteiger partial charge in [-0.05, 0) is 48.2 Å². The minimum atomic E-state index is -0.0739. The third-order valence-electron chi connectivity index (χ3n) is 2.26. The van der Waals surface area contributed by atoms with Crippen LogP contribution < -0.4 is 10.1 Å². The van der Waals surface area contributed by atoms with Gasteiger partial charge in [0.15, 0.2) is 0 Å². The Labute approximate surface area is 110 Å². The maximum absolute atomic E-state index is 11.8. The van der Waals surface area contributed by atoms with E-state index in [0.717, 1.165) is 16.8 Å². The number of carbonyl (C=O) groups is 1. The molecule has 1 N–H and O–H groups in total. The topological polar surface area (TPSA) is 41.6 Å². The lowest BCUT2D eigenvalue weighted by Gasteiger charge is -2.11. The molecule has 0 aliphatic rings. The third kappa shape index (κ3) is 4.36. The molecular weight excluding hydrogens is 284 g/mol. The highest BCUT2D eigenvalue weighted by molar-refractivity contribution is 9.10. The van der Waals surface area contributed by atoms with Crippen LogP contribution in [0.3, 0.4) is 0 Å². The van der Waals surface area contributed by atoms with Crippen molar-refractivity contribution >= 4 is 21.8 Å². The van der Waals surface area contributed by atoms with Crippen LogP contribution in [0.25, 0.3) is 0 Å². The van der Waals surface area contributed by atoms with E-state index in [0.29, 0.717) is 12.1 Å². The standard InChI is InChI=1S/C12H17BrN2O2/c1-15(2)7-6-14-12(16)9-4-5-11(17-3)10(13)8-9/h4-5,8H,6-7H2,1-3H3,(H,14,16). The van der Waals surface area contributed by atoms with Crippen molar-refractivity contribution in [2.75, 3.05) is 34.3 Å². The average molecular weight is 301 g/mol. The van der Waals surface area contributed by atoms with Crippen LogP contribution in [0.4, 0.5) is 0 Å².